The van der Waals surface area contributed by atoms with E-state index >= 15 is 0 Å². The molecule has 1 heterocycles. The summed E-state index contributed by atoms with van der Waals surface area (Å²) in [5, 5.41) is 0. The fraction of sp³-hybridized carbons (Fsp3) is 0.909. The number of rotatable bonds is 2. The molecule has 0 unspecified atom stereocenters. The van der Waals surface area contributed by atoms with E-state index in [4.69, 9.17) is 5.73 Å². The number of nitrogens with two attached hydrogens (primary N) is 1. The molecule has 1 rings (SSSR count). The van der Waals surface area contributed by atoms with Crippen molar-refractivity contribution in [1.29, 1.82) is 0 Å². The maximum absolute atomic E-state index is 12.0. The zero-order chi connectivity index (χ0) is 10.8. The Kier molecular flexibility index (Phi) is 3.53. The first kappa shape index (κ1) is 11.5. The molecule has 0 saturated carbocycles. The smallest absolute Gasteiger partial charge is 0.229 e. The van der Waals surface area contributed by atoms with Crippen LogP contribution in [0.4, 0.5) is 0 Å². The van der Waals surface area contributed by atoms with Gasteiger partial charge in [0, 0.05) is 19.6 Å². The zero-order valence-corrected chi connectivity index (χ0v) is 9.55. The molecule has 0 bridgehead atoms. The molecule has 1 amide bonds. The Labute approximate surface area is 86.6 Å². The third kappa shape index (κ3) is 2.47. The van der Waals surface area contributed by atoms with E-state index in [1.54, 1.807) is 0 Å². The minimum atomic E-state index is -0.392. The first-order valence-corrected chi connectivity index (χ1v) is 5.47. The Balaban J connectivity index is 2.60. The monoisotopic (exact) mass is 198 g/mol. The normalized spacial score (nSPS) is 23.7. The third-order valence-corrected chi connectivity index (χ3v) is 3.03. The lowest BCUT2D eigenvalue weighted by Gasteiger charge is -2.36. The van der Waals surface area contributed by atoms with E-state index in [1.807, 2.05) is 18.7 Å². The molecule has 1 aliphatic heterocycles. The maximum Gasteiger partial charge on any atom is 0.229 e. The molecule has 0 radical (unpaired) electrons. The van der Waals surface area contributed by atoms with Gasteiger partial charge in [-0.3, -0.25) is 4.79 Å². The van der Waals surface area contributed by atoms with Crippen LogP contribution >= 0.6 is 0 Å². The molecule has 3 nitrogen and oxygen atoms in total. The highest BCUT2D eigenvalue weighted by molar-refractivity contribution is 5.82. The number of amides is 1. The SMILES string of the molecule is C[C@@H]1CCCN(C(=O)C(C)(C)CN)C1. The van der Waals surface area contributed by atoms with Crippen LogP contribution in [0, 0.1) is 11.3 Å². The summed E-state index contributed by atoms with van der Waals surface area (Å²) in [4.78, 5) is 14.0. The summed E-state index contributed by atoms with van der Waals surface area (Å²) in [6, 6.07) is 0. The van der Waals surface area contributed by atoms with Gasteiger partial charge >= 0.3 is 0 Å². The second kappa shape index (κ2) is 4.30. The lowest BCUT2D eigenvalue weighted by atomic mass is 9.90. The number of hydrogen-bond donors (Lipinski definition) is 1. The standard InChI is InChI=1S/C11H22N2O/c1-9-5-4-6-13(7-9)10(14)11(2,3)8-12/h9H,4-8,12H2,1-3H3/t9-/m1/s1. The first-order chi connectivity index (χ1) is 6.47. The van der Waals surface area contributed by atoms with E-state index in [0.29, 0.717) is 12.5 Å². The number of carbonyl (C=O) groups is 1. The molecule has 1 saturated heterocycles. The second-order valence-electron chi connectivity index (χ2n) is 5.09. The zero-order valence-electron chi connectivity index (χ0n) is 9.55. The van der Waals surface area contributed by atoms with Gasteiger partial charge in [0.2, 0.25) is 5.91 Å². The van der Waals surface area contributed by atoms with E-state index in [-0.39, 0.29) is 5.91 Å². The fourth-order valence-electron chi connectivity index (χ4n) is 1.89. The Hall–Kier alpha value is -0.570. The number of piperidine rings is 1. The number of hydrogen-bond acceptors (Lipinski definition) is 2. The van der Waals surface area contributed by atoms with Crippen LogP contribution in [0.25, 0.3) is 0 Å². The quantitative estimate of drug-likeness (QED) is 0.725. The molecule has 3 heteroatoms. The minimum absolute atomic E-state index is 0.214. The van der Waals surface area contributed by atoms with Crippen molar-refractivity contribution < 1.29 is 4.79 Å². The van der Waals surface area contributed by atoms with Crippen LogP contribution in [0.1, 0.15) is 33.6 Å². The average Bonchev–Trinajstić information content (AvgIpc) is 2.16. The summed E-state index contributed by atoms with van der Waals surface area (Å²) in [6.45, 7) is 8.30. The van der Waals surface area contributed by atoms with E-state index < -0.39 is 5.41 Å². The Morgan fingerprint density at radius 2 is 2.21 bits per heavy atom. The predicted octanol–water partition coefficient (Wildman–Crippen LogP) is 1.23. The van der Waals surface area contributed by atoms with Gasteiger partial charge < -0.3 is 10.6 Å². The van der Waals surface area contributed by atoms with Crippen LogP contribution in [0.5, 0.6) is 0 Å². The van der Waals surface area contributed by atoms with Crippen molar-refractivity contribution in [2.75, 3.05) is 19.6 Å². The van der Waals surface area contributed by atoms with Crippen LogP contribution in [0.3, 0.4) is 0 Å². The summed E-state index contributed by atoms with van der Waals surface area (Å²) in [7, 11) is 0. The first-order valence-electron chi connectivity index (χ1n) is 5.47. The van der Waals surface area contributed by atoms with Crippen LogP contribution < -0.4 is 5.73 Å². The van der Waals surface area contributed by atoms with Crippen LogP contribution in [-0.2, 0) is 4.79 Å². The van der Waals surface area contributed by atoms with Gasteiger partial charge in [0.1, 0.15) is 0 Å². The van der Waals surface area contributed by atoms with Gasteiger partial charge in [0.15, 0.2) is 0 Å². The molecule has 2 N–H and O–H groups in total. The average molecular weight is 198 g/mol. The van der Waals surface area contributed by atoms with E-state index in [2.05, 4.69) is 6.92 Å². The molecule has 0 aliphatic carbocycles. The lowest BCUT2D eigenvalue weighted by molar-refractivity contribution is -0.141. The van der Waals surface area contributed by atoms with Gasteiger partial charge in [-0.05, 0) is 32.6 Å². The van der Waals surface area contributed by atoms with Gasteiger partial charge in [-0.15, -0.1) is 0 Å². The largest absolute Gasteiger partial charge is 0.342 e. The predicted molar refractivity (Wildman–Crippen MR) is 57.8 cm³/mol. The Morgan fingerprint density at radius 3 is 2.71 bits per heavy atom. The van der Waals surface area contributed by atoms with Crippen LogP contribution in [0.2, 0.25) is 0 Å². The lowest BCUT2D eigenvalue weighted by Crippen LogP contribution is -2.48. The summed E-state index contributed by atoms with van der Waals surface area (Å²) >= 11 is 0. The van der Waals surface area contributed by atoms with Crippen molar-refractivity contribution in [3.63, 3.8) is 0 Å². The van der Waals surface area contributed by atoms with Gasteiger partial charge in [-0.25, -0.2) is 0 Å². The fourth-order valence-corrected chi connectivity index (χ4v) is 1.89. The summed E-state index contributed by atoms with van der Waals surface area (Å²) in [5.41, 5.74) is 5.21. The van der Waals surface area contributed by atoms with Crippen molar-refractivity contribution in [3.05, 3.63) is 0 Å². The van der Waals surface area contributed by atoms with E-state index in [0.717, 1.165) is 19.5 Å². The molecular formula is C11H22N2O. The van der Waals surface area contributed by atoms with Crippen LogP contribution in [-0.4, -0.2) is 30.4 Å². The van der Waals surface area contributed by atoms with Crippen molar-refractivity contribution >= 4 is 5.91 Å². The summed E-state index contributed by atoms with van der Waals surface area (Å²) in [5.74, 6) is 0.854. The molecule has 0 aromatic rings. The molecule has 1 fully saturated rings. The van der Waals surface area contributed by atoms with E-state index in [9.17, 15) is 4.79 Å². The molecule has 0 aromatic heterocycles. The van der Waals surface area contributed by atoms with Crippen LogP contribution in [0.15, 0.2) is 0 Å². The third-order valence-electron chi connectivity index (χ3n) is 3.03. The number of carbonyl (C=O) groups excluding carboxylic acids is 1. The topological polar surface area (TPSA) is 46.3 Å². The molecular weight excluding hydrogens is 176 g/mol. The number of nitrogens with zero attached hydrogens (tertiary/aromatic N) is 1. The molecule has 1 atom stereocenters. The number of likely N-dealkylation sites (tertiary alicyclic amines) is 1. The Bertz CT molecular complexity index is 213. The van der Waals surface area contributed by atoms with Crippen molar-refractivity contribution in [2.24, 2.45) is 17.1 Å². The minimum Gasteiger partial charge on any atom is -0.342 e. The maximum atomic E-state index is 12.0. The molecule has 82 valence electrons. The Morgan fingerprint density at radius 1 is 1.57 bits per heavy atom. The molecule has 1 aliphatic rings. The van der Waals surface area contributed by atoms with Crippen molar-refractivity contribution in [2.45, 2.75) is 33.6 Å². The highest BCUT2D eigenvalue weighted by Crippen LogP contribution is 2.22. The van der Waals surface area contributed by atoms with Crippen molar-refractivity contribution in [3.8, 4) is 0 Å². The van der Waals surface area contributed by atoms with Crippen molar-refractivity contribution in [1.82, 2.24) is 4.90 Å². The van der Waals surface area contributed by atoms with Gasteiger partial charge in [0.25, 0.3) is 0 Å². The molecule has 0 spiro atoms. The van der Waals surface area contributed by atoms with E-state index in [1.165, 1.54) is 6.42 Å². The van der Waals surface area contributed by atoms with Gasteiger partial charge in [0.05, 0.1) is 5.41 Å². The second-order valence-corrected chi connectivity index (χ2v) is 5.09. The summed E-state index contributed by atoms with van der Waals surface area (Å²) < 4.78 is 0. The summed E-state index contributed by atoms with van der Waals surface area (Å²) in [6.07, 6.45) is 2.38. The van der Waals surface area contributed by atoms with Gasteiger partial charge in [-0.1, -0.05) is 6.92 Å². The highest BCUT2D eigenvalue weighted by atomic mass is 16.2. The van der Waals surface area contributed by atoms with Gasteiger partial charge in [-0.2, -0.15) is 0 Å². The molecule has 14 heavy (non-hydrogen) atoms. The highest BCUT2D eigenvalue weighted by Gasteiger charge is 2.32. The molecule has 0 aromatic carbocycles.